The number of hydrogen-bond donors (Lipinski definition) is 2. The third-order valence-corrected chi connectivity index (χ3v) is 1.36. The summed E-state index contributed by atoms with van der Waals surface area (Å²) in [4.78, 5) is 0. The van der Waals surface area contributed by atoms with Gasteiger partial charge in [-0.2, -0.15) is 0 Å². The van der Waals surface area contributed by atoms with E-state index in [0.29, 0.717) is 6.54 Å². The van der Waals surface area contributed by atoms with E-state index >= 15 is 0 Å². The van der Waals surface area contributed by atoms with Gasteiger partial charge in [0.05, 0.1) is 0 Å². The first-order valence-corrected chi connectivity index (χ1v) is 3.53. The molecule has 0 radical (unpaired) electrons. The molecule has 1 aromatic carbocycles. The summed E-state index contributed by atoms with van der Waals surface area (Å²) in [6.07, 6.45) is 0. The van der Waals surface area contributed by atoms with Crippen LogP contribution < -0.4 is 5.73 Å². The molecule has 2 heteroatoms. The summed E-state index contributed by atoms with van der Waals surface area (Å²) in [5.74, 6) is 0. The van der Waals surface area contributed by atoms with Gasteiger partial charge in [0.15, 0.2) is 0 Å². The minimum absolute atomic E-state index is 0.639. The van der Waals surface area contributed by atoms with Crippen molar-refractivity contribution in [3.05, 3.63) is 35.4 Å². The van der Waals surface area contributed by atoms with E-state index in [-0.39, 0.29) is 0 Å². The SMILES string of the molecule is CO.Cc1ccc(CN)cc1. The summed E-state index contributed by atoms with van der Waals surface area (Å²) in [5, 5.41) is 7.00. The first-order chi connectivity index (χ1) is 5.33. The number of aliphatic hydroxyl groups is 1. The predicted octanol–water partition coefficient (Wildman–Crippen LogP) is 1.06. The Hall–Kier alpha value is -0.860. The van der Waals surface area contributed by atoms with Gasteiger partial charge < -0.3 is 10.8 Å². The highest BCUT2D eigenvalue weighted by molar-refractivity contribution is 5.20. The van der Waals surface area contributed by atoms with Crippen LogP contribution in [0.2, 0.25) is 0 Å². The lowest BCUT2D eigenvalue weighted by Crippen LogP contribution is -1.94. The first-order valence-electron chi connectivity index (χ1n) is 3.53. The van der Waals surface area contributed by atoms with Gasteiger partial charge in [0.1, 0.15) is 0 Å². The van der Waals surface area contributed by atoms with E-state index in [0.717, 1.165) is 7.11 Å². The van der Waals surface area contributed by atoms with Crippen LogP contribution in [-0.4, -0.2) is 12.2 Å². The van der Waals surface area contributed by atoms with E-state index in [1.54, 1.807) is 0 Å². The lowest BCUT2D eigenvalue weighted by atomic mass is 10.2. The summed E-state index contributed by atoms with van der Waals surface area (Å²) >= 11 is 0. The maximum atomic E-state index is 7.00. The smallest absolute Gasteiger partial charge is 0.0319 e. The van der Waals surface area contributed by atoms with Crippen molar-refractivity contribution < 1.29 is 5.11 Å². The first kappa shape index (κ1) is 10.1. The molecule has 0 unspecified atom stereocenters. The standard InChI is InChI=1S/C8H11N.CH4O/c1-7-2-4-8(6-9)5-3-7;1-2/h2-5H,6,9H2,1H3;2H,1H3. The fourth-order valence-electron chi connectivity index (χ4n) is 0.724. The Kier molecular flexibility index (Phi) is 5.43. The molecule has 0 heterocycles. The molecule has 0 bridgehead atoms. The number of benzene rings is 1. The Morgan fingerprint density at radius 3 is 2.00 bits per heavy atom. The van der Waals surface area contributed by atoms with Crippen molar-refractivity contribution in [1.29, 1.82) is 0 Å². The van der Waals surface area contributed by atoms with Gasteiger partial charge in [-0.1, -0.05) is 29.8 Å². The van der Waals surface area contributed by atoms with E-state index in [2.05, 4.69) is 31.2 Å². The number of rotatable bonds is 1. The average Bonchev–Trinajstić information content (AvgIpc) is 2.10. The minimum atomic E-state index is 0.639. The molecular formula is C9H15NO. The molecular weight excluding hydrogens is 138 g/mol. The number of hydrogen-bond acceptors (Lipinski definition) is 2. The third kappa shape index (κ3) is 3.75. The van der Waals surface area contributed by atoms with Gasteiger partial charge in [-0.3, -0.25) is 0 Å². The number of aryl methyl sites for hydroxylation is 1. The van der Waals surface area contributed by atoms with E-state index in [1.165, 1.54) is 11.1 Å². The molecule has 0 aliphatic heterocycles. The van der Waals surface area contributed by atoms with Crippen molar-refractivity contribution in [3.63, 3.8) is 0 Å². The second-order valence-corrected chi connectivity index (χ2v) is 2.19. The fraction of sp³-hybridized carbons (Fsp3) is 0.333. The molecule has 1 rings (SSSR count). The highest BCUT2D eigenvalue weighted by Gasteiger charge is 1.84. The second kappa shape index (κ2) is 5.89. The second-order valence-electron chi connectivity index (χ2n) is 2.19. The third-order valence-electron chi connectivity index (χ3n) is 1.36. The van der Waals surface area contributed by atoms with Crippen LogP contribution >= 0.6 is 0 Å². The zero-order chi connectivity index (χ0) is 8.69. The van der Waals surface area contributed by atoms with Crippen molar-refractivity contribution in [2.45, 2.75) is 13.5 Å². The number of aliphatic hydroxyl groups excluding tert-OH is 1. The minimum Gasteiger partial charge on any atom is -0.400 e. The normalized spacial score (nSPS) is 8.36. The summed E-state index contributed by atoms with van der Waals surface area (Å²) < 4.78 is 0. The molecule has 0 saturated carbocycles. The highest BCUT2D eigenvalue weighted by atomic mass is 16.2. The van der Waals surface area contributed by atoms with Crippen molar-refractivity contribution in [2.24, 2.45) is 5.73 Å². The maximum absolute atomic E-state index is 7.00. The molecule has 0 aliphatic rings. The van der Waals surface area contributed by atoms with Crippen LogP contribution in [0.25, 0.3) is 0 Å². The molecule has 0 fully saturated rings. The Labute approximate surface area is 67.7 Å². The van der Waals surface area contributed by atoms with E-state index in [9.17, 15) is 0 Å². The van der Waals surface area contributed by atoms with Gasteiger partial charge >= 0.3 is 0 Å². The van der Waals surface area contributed by atoms with Gasteiger partial charge in [0.2, 0.25) is 0 Å². The van der Waals surface area contributed by atoms with Gasteiger partial charge in [0, 0.05) is 13.7 Å². The molecule has 0 spiro atoms. The van der Waals surface area contributed by atoms with Gasteiger partial charge in [-0.15, -0.1) is 0 Å². The van der Waals surface area contributed by atoms with Crippen LogP contribution in [0.3, 0.4) is 0 Å². The van der Waals surface area contributed by atoms with Crippen LogP contribution in [0, 0.1) is 6.92 Å². The molecule has 0 amide bonds. The van der Waals surface area contributed by atoms with Crippen LogP contribution in [-0.2, 0) is 6.54 Å². The molecule has 0 saturated heterocycles. The molecule has 62 valence electrons. The Bertz CT molecular complexity index is 181. The van der Waals surface area contributed by atoms with Crippen molar-refractivity contribution in [3.8, 4) is 0 Å². The highest BCUT2D eigenvalue weighted by Crippen LogP contribution is 2.00. The molecule has 3 N–H and O–H groups in total. The molecule has 0 aliphatic carbocycles. The van der Waals surface area contributed by atoms with E-state index in [4.69, 9.17) is 10.8 Å². The zero-order valence-electron chi connectivity index (χ0n) is 7.04. The van der Waals surface area contributed by atoms with Gasteiger partial charge in [-0.25, -0.2) is 0 Å². The summed E-state index contributed by atoms with van der Waals surface area (Å²) in [5.41, 5.74) is 7.88. The summed E-state index contributed by atoms with van der Waals surface area (Å²) in [6, 6.07) is 8.25. The zero-order valence-corrected chi connectivity index (χ0v) is 7.04. The largest absolute Gasteiger partial charge is 0.400 e. The Morgan fingerprint density at radius 1 is 1.18 bits per heavy atom. The van der Waals surface area contributed by atoms with Gasteiger partial charge in [0.25, 0.3) is 0 Å². The quantitative estimate of drug-likeness (QED) is 0.633. The average molecular weight is 153 g/mol. The van der Waals surface area contributed by atoms with Crippen LogP contribution in [0.1, 0.15) is 11.1 Å². The predicted molar refractivity (Wildman–Crippen MR) is 47.2 cm³/mol. The molecule has 0 aromatic heterocycles. The lowest BCUT2D eigenvalue weighted by molar-refractivity contribution is 0.399. The van der Waals surface area contributed by atoms with Crippen molar-refractivity contribution in [1.82, 2.24) is 0 Å². The summed E-state index contributed by atoms with van der Waals surface area (Å²) in [7, 11) is 1.00. The molecule has 0 atom stereocenters. The lowest BCUT2D eigenvalue weighted by Gasteiger charge is -1.94. The molecule has 11 heavy (non-hydrogen) atoms. The van der Waals surface area contributed by atoms with Crippen molar-refractivity contribution >= 4 is 0 Å². The fourth-order valence-corrected chi connectivity index (χ4v) is 0.724. The maximum Gasteiger partial charge on any atom is 0.0319 e. The topological polar surface area (TPSA) is 46.2 Å². The Morgan fingerprint density at radius 2 is 1.64 bits per heavy atom. The van der Waals surface area contributed by atoms with Crippen LogP contribution in [0.15, 0.2) is 24.3 Å². The van der Waals surface area contributed by atoms with Crippen molar-refractivity contribution in [2.75, 3.05) is 7.11 Å². The summed E-state index contributed by atoms with van der Waals surface area (Å²) in [6.45, 7) is 2.71. The van der Waals surface area contributed by atoms with Gasteiger partial charge in [-0.05, 0) is 12.5 Å². The van der Waals surface area contributed by atoms with Crippen LogP contribution in [0.4, 0.5) is 0 Å². The number of nitrogens with two attached hydrogens (primary N) is 1. The van der Waals surface area contributed by atoms with Crippen LogP contribution in [0.5, 0.6) is 0 Å². The Balaban J connectivity index is 0.000000461. The monoisotopic (exact) mass is 153 g/mol. The van der Waals surface area contributed by atoms with E-state index in [1.807, 2.05) is 0 Å². The molecule has 2 nitrogen and oxygen atoms in total. The van der Waals surface area contributed by atoms with E-state index < -0.39 is 0 Å². The molecule has 1 aromatic rings.